The minimum atomic E-state index is 0.514. The van der Waals surface area contributed by atoms with Gasteiger partial charge in [-0.05, 0) is 36.3 Å². The third-order valence-corrected chi connectivity index (χ3v) is 3.46. The molecule has 24 heavy (non-hydrogen) atoms. The summed E-state index contributed by atoms with van der Waals surface area (Å²) >= 11 is 0. The van der Waals surface area contributed by atoms with Gasteiger partial charge in [-0.2, -0.15) is 5.26 Å². The lowest BCUT2D eigenvalue weighted by molar-refractivity contribution is 0.317. The standard InChI is InChI=1S/C20H21NO3/c1-4-9-24-20-8-6-5-7-15(20)10-17(14-21)16-11-18(22-2)13-19(12-16)23-3/h5-8,10-13H,4,9H2,1-3H3/b17-10+. The molecular formula is C20H21NO3. The monoisotopic (exact) mass is 323 g/mol. The van der Waals surface area contributed by atoms with E-state index in [1.807, 2.05) is 42.5 Å². The Hall–Kier alpha value is -2.93. The van der Waals surface area contributed by atoms with Crippen LogP contribution in [-0.4, -0.2) is 20.8 Å². The number of para-hydroxylation sites is 1. The first-order valence-electron chi connectivity index (χ1n) is 7.79. The molecule has 0 saturated heterocycles. The van der Waals surface area contributed by atoms with E-state index >= 15 is 0 Å². The van der Waals surface area contributed by atoms with Gasteiger partial charge in [0.05, 0.1) is 32.5 Å². The predicted molar refractivity (Wildman–Crippen MR) is 95.3 cm³/mol. The summed E-state index contributed by atoms with van der Waals surface area (Å²) in [6.45, 7) is 2.70. The number of nitriles is 1. The lowest BCUT2D eigenvalue weighted by atomic mass is 10.0. The van der Waals surface area contributed by atoms with Crippen LogP contribution in [0.15, 0.2) is 42.5 Å². The maximum Gasteiger partial charge on any atom is 0.126 e. The van der Waals surface area contributed by atoms with Crippen molar-refractivity contribution in [3.8, 4) is 23.3 Å². The molecule has 0 atom stereocenters. The minimum absolute atomic E-state index is 0.514. The predicted octanol–water partition coefficient (Wildman–Crippen LogP) is 4.56. The second kappa shape index (κ2) is 8.64. The van der Waals surface area contributed by atoms with Crippen molar-refractivity contribution in [3.05, 3.63) is 53.6 Å². The maximum atomic E-state index is 9.59. The highest BCUT2D eigenvalue weighted by molar-refractivity contribution is 5.91. The normalized spacial score (nSPS) is 10.8. The molecule has 0 aliphatic carbocycles. The SMILES string of the molecule is CCCOc1ccccc1/C=C(\C#N)c1cc(OC)cc(OC)c1. The molecule has 0 bridgehead atoms. The van der Waals surface area contributed by atoms with E-state index in [0.29, 0.717) is 23.7 Å². The number of rotatable bonds is 7. The summed E-state index contributed by atoms with van der Waals surface area (Å²) in [5, 5.41) is 9.59. The quantitative estimate of drug-likeness (QED) is 0.554. The first-order valence-corrected chi connectivity index (χ1v) is 7.79. The van der Waals surface area contributed by atoms with Crippen molar-refractivity contribution in [3.63, 3.8) is 0 Å². The first kappa shape index (κ1) is 17.4. The van der Waals surface area contributed by atoms with E-state index < -0.39 is 0 Å². The van der Waals surface area contributed by atoms with Gasteiger partial charge in [-0.3, -0.25) is 0 Å². The second-order valence-electron chi connectivity index (χ2n) is 5.16. The Labute approximate surface area is 142 Å². The van der Waals surface area contributed by atoms with Crippen LogP contribution in [0.4, 0.5) is 0 Å². The molecule has 0 N–H and O–H groups in total. The van der Waals surface area contributed by atoms with E-state index in [9.17, 15) is 5.26 Å². The molecule has 0 heterocycles. The summed E-state index contributed by atoms with van der Waals surface area (Å²) in [6.07, 6.45) is 2.75. The number of nitrogens with zero attached hydrogens (tertiary/aromatic N) is 1. The van der Waals surface area contributed by atoms with Crippen LogP contribution in [0, 0.1) is 11.3 Å². The van der Waals surface area contributed by atoms with Gasteiger partial charge in [0.15, 0.2) is 0 Å². The highest BCUT2D eigenvalue weighted by Gasteiger charge is 2.08. The molecule has 0 radical (unpaired) electrons. The van der Waals surface area contributed by atoms with Crippen LogP contribution in [0.3, 0.4) is 0 Å². The van der Waals surface area contributed by atoms with Crippen molar-refractivity contribution in [1.82, 2.24) is 0 Å². The van der Waals surface area contributed by atoms with Crippen molar-refractivity contribution >= 4 is 11.6 Å². The van der Waals surface area contributed by atoms with Gasteiger partial charge in [0.2, 0.25) is 0 Å². The van der Waals surface area contributed by atoms with Crippen molar-refractivity contribution in [2.45, 2.75) is 13.3 Å². The Morgan fingerprint density at radius 3 is 2.33 bits per heavy atom. The largest absolute Gasteiger partial charge is 0.497 e. The molecule has 0 spiro atoms. The Balaban J connectivity index is 2.46. The molecule has 2 rings (SSSR count). The maximum absolute atomic E-state index is 9.59. The molecule has 0 amide bonds. The number of methoxy groups -OCH3 is 2. The van der Waals surface area contributed by atoms with Crippen LogP contribution < -0.4 is 14.2 Å². The second-order valence-corrected chi connectivity index (χ2v) is 5.16. The first-order chi connectivity index (χ1) is 11.7. The molecule has 0 aromatic heterocycles. The number of allylic oxidation sites excluding steroid dienone is 1. The third kappa shape index (κ3) is 4.30. The van der Waals surface area contributed by atoms with Gasteiger partial charge >= 0.3 is 0 Å². The van der Waals surface area contributed by atoms with Crippen LogP contribution in [0.25, 0.3) is 11.6 Å². The summed E-state index contributed by atoms with van der Waals surface area (Å²) in [6, 6.07) is 15.3. The third-order valence-electron chi connectivity index (χ3n) is 3.46. The summed E-state index contributed by atoms with van der Waals surface area (Å²) in [5.74, 6) is 2.05. The molecule has 2 aromatic rings. The van der Waals surface area contributed by atoms with Crippen molar-refractivity contribution in [2.24, 2.45) is 0 Å². The topological polar surface area (TPSA) is 51.5 Å². The average Bonchev–Trinajstić information content (AvgIpc) is 2.64. The van der Waals surface area contributed by atoms with Crippen molar-refractivity contribution in [2.75, 3.05) is 20.8 Å². The molecule has 0 aliphatic rings. The van der Waals surface area contributed by atoms with Gasteiger partial charge in [-0.15, -0.1) is 0 Å². The number of hydrogen-bond donors (Lipinski definition) is 0. The van der Waals surface area contributed by atoms with E-state index in [0.717, 1.165) is 23.3 Å². The summed E-state index contributed by atoms with van der Waals surface area (Å²) < 4.78 is 16.3. The molecular weight excluding hydrogens is 302 g/mol. The zero-order valence-corrected chi connectivity index (χ0v) is 14.2. The van der Waals surface area contributed by atoms with Gasteiger partial charge in [-0.25, -0.2) is 0 Å². The molecule has 0 saturated carbocycles. The van der Waals surface area contributed by atoms with Crippen LogP contribution in [0.2, 0.25) is 0 Å². The number of hydrogen-bond acceptors (Lipinski definition) is 4. The number of benzene rings is 2. The van der Waals surface area contributed by atoms with E-state index in [2.05, 4.69) is 13.0 Å². The Morgan fingerprint density at radius 2 is 1.75 bits per heavy atom. The molecule has 124 valence electrons. The lowest BCUT2D eigenvalue weighted by Crippen LogP contribution is -1.97. The summed E-state index contributed by atoms with van der Waals surface area (Å²) in [4.78, 5) is 0. The van der Waals surface area contributed by atoms with Crippen molar-refractivity contribution < 1.29 is 14.2 Å². The van der Waals surface area contributed by atoms with E-state index in [1.165, 1.54) is 0 Å². The average molecular weight is 323 g/mol. The fourth-order valence-corrected chi connectivity index (χ4v) is 2.24. The van der Waals surface area contributed by atoms with Gasteiger partial charge in [0, 0.05) is 11.6 Å². The fourth-order valence-electron chi connectivity index (χ4n) is 2.24. The Morgan fingerprint density at radius 1 is 1.08 bits per heavy atom. The molecule has 2 aromatic carbocycles. The molecule has 4 heteroatoms. The zero-order chi connectivity index (χ0) is 17.4. The van der Waals surface area contributed by atoms with E-state index in [4.69, 9.17) is 14.2 Å². The summed E-state index contributed by atoms with van der Waals surface area (Å²) in [5.41, 5.74) is 2.11. The minimum Gasteiger partial charge on any atom is -0.497 e. The molecule has 0 fully saturated rings. The highest BCUT2D eigenvalue weighted by atomic mass is 16.5. The van der Waals surface area contributed by atoms with E-state index in [1.54, 1.807) is 20.3 Å². The van der Waals surface area contributed by atoms with Gasteiger partial charge in [0.1, 0.15) is 17.2 Å². The Kier molecular flexibility index (Phi) is 6.27. The Bertz CT molecular complexity index is 737. The van der Waals surface area contributed by atoms with Crippen molar-refractivity contribution in [1.29, 1.82) is 5.26 Å². The smallest absolute Gasteiger partial charge is 0.126 e. The van der Waals surface area contributed by atoms with Crippen LogP contribution in [0.1, 0.15) is 24.5 Å². The fraction of sp³-hybridized carbons (Fsp3) is 0.250. The van der Waals surface area contributed by atoms with Gasteiger partial charge in [0.25, 0.3) is 0 Å². The van der Waals surface area contributed by atoms with E-state index in [-0.39, 0.29) is 0 Å². The van der Waals surface area contributed by atoms with Gasteiger partial charge < -0.3 is 14.2 Å². The molecule has 4 nitrogen and oxygen atoms in total. The molecule has 0 unspecified atom stereocenters. The van der Waals surface area contributed by atoms with Crippen LogP contribution >= 0.6 is 0 Å². The number of ether oxygens (including phenoxy) is 3. The van der Waals surface area contributed by atoms with Crippen LogP contribution in [0.5, 0.6) is 17.2 Å². The lowest BCUT2D eigenvalue weighted by Gasteiger charge is -2.10. The van der Waals surface area contributed by atoms with Crippen LogP contribution in [-0.2, 0) is 0 Å². The highest BCUT2D eigenvalue weighted by Crippen LogP contribution is 2.29. The van der Waals surface area contributed by atoms with Gasteiger partial charge in [-0.1, -0.05) is 25.1 Å². The summed E-state index contributed by atoms with van der Waals surface area (Å²) in [7, 11) is 3.17. The molecule has 0 aliphatic heterocycles. The zero-order valence-electron chi connectivity index (χ0n) is 14.2.